The van der Waals surface area contributed by atoms with Crippen LogP contribution in [0.5, 0.6) is 0 Å². The molecule has 106 valence electrons. The molecule has 1 aromatic carbocycles. The summed E-state index contributed by atoms with van der Waals surface area (Å²) in [6.45, 7) is 1.65. The third-order valence-electron chi connectivity index (χ3n) is 2.41. The zero-order chi connectivity index (χ0) is 14.8. The van der Waals surface area contributed by atoms with Crippen LogP contribution in [0.4, 0.5) is 5.95 Å². The minimum atomic E-state index is -3.80. The van der Waals surface area contributed by atoms with Crippen molar-refractivity contribution < 1.29 is 17.9 Å². The van der Waals surface area contributed by atoms with Crippen molar-refractivity contribution in [3.05, 3.63) is 35.7 Å². The van der Waals surface area contributed by atoms with Gasteiger partial charge in [0.05, 0.1) is 17.6 Å². The average molecular weight is 296 g/mol. The number of aromatic amines is 1. The van der Waals surface area contributed by atoms with E-state index in [1.54, 1.807) is 6.92 Å². The van der Waals surface area contributed by atoms with E-state index in [9.17, 15) is 13.2 Å². The van der Waals surface area contributed by atoms with Crippen LogP contribution in [0.2, 0.25) is 0 Å². The molecule has 8 nitrogen and oxygen atoms in total. The van der Waals surface area contributed by atoms with E-state index in [1.807, 2.05) is 0 Å². The number of aromatic nitrogens is 3. The molecule has 9 heteroatoms. The normalized spacial score (nSPS) is 11.1. The summed E-state index contributed by atoms with van der Waals surface area (Å²) in [5, 5.41) is 6.21. The molecule has 0 aliphatic carbocycles. The van der Waals surface area contributed by atoms with Crippen molar-refractivity contribution in [2.45, 2.75) is 11.8 Å². The fraction of sp³-hybridized carbons (Fsp3) is 0.182. The zero-order valence-corrected chi connectivity index (χ0v) is 11.6. The largest absolute Gasteiger partial charge is 0.465 e. The molecule has 0 radical (unpaired) electrons. The predicted molar refractivity (Wildman–Crippen MR) is 69.7 cm³/mol. The van der Waals surface area contributed by atoms with Gasteiger partial charge < -0.3 is 4.74 Å². The smallest absolute Gasteiger partial charge is 0.337 e. The minimum Gasteiger partial charge on any atom is -0.465 e. The number of ether oxygens (including phenoxy) is 1. The van der Waals surface area contributed by atoms with Crippen molar-refractivity contribution in [3.63, 3.8) is 0 Å². The number of benzene rings is 1. The Morgan fingerprint density at radius 2 is 1.95 bits per heavy atom. The van der Waals surface area contributed by atoms with Crippen molar-refractivity contribution in [2.24, 2.45) is 0 Å². The highest BCUT2D eigenvalue weighted by molar-refractivity contribution is 7.92. The number of nitrogens with one attached hydrogen (secondary N) is 2. The Balaban J connectivity index is 2.23. The highest BCUT2D eigenvalue weighted by Crippen LogP contribution is 2.14. The number of aryl methyl sites for hydroxylation is 1. The Kier molecular flexibility index (Phi) is 3.70. The van der Waals surface area contributed by atoms with Gasteiger partial charge >= 0.3 is 5.97 Å². The summed E-state index contributed by atoms with van der Waals surface area (Å²) in [5.74, 6) is -0.0882. The van der Waals surface area contributed by atoms with Crippen LogP contribution in [-0.2, 0) is 14.8 Å². The summed E-state index contributed by atoms with van der Waals surface area (Å²) in [6, 6.07) is 5.33. The summed E-state index contributed by atoms with van der Waals surface area (Å²) in [6.07, 6.45) is 0. The molecule has 0 aliphatic rings. The predicted octanol–water partition coefficient (Wildman–Crippen LogP) is 0.701. The maximum Gasteiger partial charge on any atom is 0.337 e. The molecule has 0 aliphatic heterocycles. The van der Waals surface area contributed by atoms with E-state index in [-0.39, 0.29) is 16.4 Å². The molecule has 2 aromatic rings. The molecular formula is C11H12N4O4S. The van der Waals surface area contributed by atoms with Crippen molar-refractivity contribution in [3.8, 4) is 0 Å². The van der Waals surface area contributed by atoms with Crippen LogP contribution in [0.3, 0.4) is 0 Å². The zero-order valence-electron chi connectivity index (χ0n) is 10.7. The monoisotopic (exact) mass is 296 g/mol. The van der Waals surface area contributed by atoms with Gasteiger partial charge in [-0.05, 0) is 31.2 Å². The number of carbonyl (C=O) groups excluding carboxylic acids is 1. The van der Waals surface area contributed by atoms with Gasteiger partial charge in [-0.25, -0.2) is 17.9 Å². The maximum atomic E-state index is 12.0. The summed E-state index contributed by atoms with van der Waals surface area (Å²) in [7, 11) is -2.55. The highest BCUT2D eigenvalue weighted by atomic mass is 32.2. The molecule has 0 atom stereocenters. The number of hydrogen-bond acceptors (Lipinski definition) is 6. The van der Waals surface area contributed by atoms with E-state index >= 15 is 0 Å². The van der Waals surface area contributed by atoms with E-state index in [0.29, 0.717) is 5.82 Å². The lowest BCUT2D eigenvalue weighted by atomic mass is 10.2. The Bertz CT molecular complexity index is 721. The number of anilines is 1. The van der Waals surface area contributed by atoms with Crippen LogP contribution in [0.15, 0.2) is 29.2 Å². The molecule has 0 fully saturated rings. The summed E-state index contributed by atoms with van der Waals surface area (Å²) >= 11 is 0. The Labute approximate surface area is 115 Å². The Morgan fingerprint density at radius 3 is 2.45 bits per heavy atom. The fourth-order valence-corrected chi connectivity index (χ4v) is 2.40. The van der Waals surface area contributed by atoms with Crippen LogP contribution in [-0.4, -0.2) is 36.7 Å². The average Bonchev–Trinajstić information content (AvgIpc) is 2.82. The number of methoxy groups -OCH3 is 1. The number of sulfonamides is 1. The molecule has 0 saturated heterocycles. The van der Waals surface area contributed by atoms with Crippen molar-refractivity contribution in [2.75, 3.05) is 11.8 Å². The molecule has 0 saturated carbocycles. The van der Waals surface area contributed by atoms with Crippen LogP contribution < -0.4 is 4.72 Å². The van der Waals surface area contributed by atoms with Crippen LogP contribution in [0.1, 0.15) is 16.2 Å². The lowest BCUT2D eigenvalue weighted by Gasteiger charge is -2.05. The fourth-order valence-electron chi connectivity index (χ4n) is 1.46. The SMILES string of the molecule is COC(=O)c1ccc(S(=O)(=O)Nc2n[nH]c(C)n2)cc1. The van der Waals surface area contributed by atoms with E-state index in [1.165, 1.54) is 31.4 Å². The summed E-state index contributed by atoms with van der Waals surface area (Å²) in [4.78, 5) is 15.1. The maximum absolute atomic E-state index is 12.0. The topological polar surface area (TPSA) is 114 Å². The van der Waals surface area contributed by atoms with E-state index in [0.717, 1.165) is 0 Å². The molecule has 2 N–H and O–H groups in total. The van der Waals surface area contributed by atoms with Crippen molar-refractivity contribution in [1.29, 1.82) is 0 Å². The Hall–Kier alpha value is -2.42. The van der Waals surface area contributed by atoms with Gasteiger partial charge in [-0.2, -0.15) is 4.98 Å². The number of esters is 1. The molecule has 1 aromatic heterocycles. The molecular weight excluding hydrogens is 284 g/mol. The second-order valence-electron chi connectivity index (χ2n) is 3.87. The quantitative estimate of drug-likeness (QED) is 0.803. The molecule has 20 heavy (non-hydrogen) atoms. The first-order chi connectivity index (χ1) is 9.42. The highest BCUT2D eigenvalue weighted by Gasteiger charge is 2.17. The van der Waals surface area contributed by atoms with Gasteiger partial charge in [-0.3, -0.25) is 5.10 Å². The number of hydrogen-bond donors (Lipinski definition) is 2. The molecule has 1 heterocycles. The second-order valence-corrected chi connectivity index (χ2v) is 5.55. The molecule has 2 rings (SSSR count). The molecule has 0 amide bonds. The number of carbonyl (C=O) groups is 1. The third-order valence-corrected chi connectivity index (χ3v) is 3.75. The minimum absolute atomic E-state index is 0.00685. The van der Waals surface area contributed by atoms with Gasteiger partial charge in [0, 0.05) is 0 Å². The number of rotatable bonds is 4. The lowest BCUT2D eigenvalue weighted by molar-refractivity contribution is 0.0600. The van der Waals surface area contributed by atoms with Gasteiger partial charge in [-0.1, -0.05) is 0 Å². The van der Waals surface area contributed by atoms with Crippen LogP contribution >= 0.6 is 0 Å². The van der Waals surface area contributed by atoms with Gasteiger partial charge in [-0.15, -0.1) is 5.10 Å². The van der Waals surface area contributed by atoms with Gasteiger partial charge in [0.25, 0.3) is 16.0 Å². The van der Waals surface area contributed by atoms with Gasteiger partial charge in [0.1, 0.15) is 5.82 Å². The first-order valence-corrected chi connectivity index (χ1v) is 7.01. The first kappa shape index (κ1) is 14.0. The third kappa shape index (κ3) is 2.94. The van der Waals surface area contributed by atoms with E-state index < -0.39 is 16.0 Å². The second kappa shape index (κ2) is 5.29. The Morgan fingerprint density at radius 1 is 1.30 bits per heavy atom. The summed E-state index contributed by atoms with van der Waals surface area (Å²) in [5.41, 5.74) is 0.264. The van der Waals surface area contributed by atoms with E-state index in [2.05, 4.69) is 24.6 Å². The summed E-state index contributed by atoms with van der Waals surface area (Å²) < 4.78 is 30.8. The van der Waals surface area contributed by atoms with E-state index in [4.69, 9.17) is 0 Å². The van der Waals surface area contributed by atoms with Crippen LogP contribution in [0, 0.1) is 6.92 Å². The number of H-pyrrole nitrogens is 1. The lowest BCUT2D eigenvalue weighted by Crippen LogP contribution is -2.14. The molecule has 0 spiro atoms. The first-order valence-electron chi connectivity index (χ1n) is 5.52. The van der Waals surface area contributed by atoms with Crippen molar-refractivity contribution >= 4 is 21.9 Å². The molecule has 0 unspecified atom stereocenters. The van der Waals surface area contributed by atoms with Crippen molar-refractivity contribution in [1.82, 2.24) is 15.2 Å². The van der Waals surface area contributed by atoms with Gasteiger partial charge in [0.15, 0.2) is 0 Å². The standard InChI is InChI=1S/C11H12N4O4S/c1-7-12-11(14-13-7)15-20(17,18)9-5-3-8(4-6-9)10(16)19-2/h3-6H,1-2H3,(H2,12,13,14,15). The molecule has 0 bridgehead atoms. The van der Waals surface area contributed by atoms with Crippen LogP contribution in [0.25, 0.3) is 0 Å². The number of nitrogens with zero attached hydrogens (tertiary/aromatic N) is 2. The van der Waals surface area contributed by atoms with Gasteiger partial charge in [0.2, 0.25) is 0 Å².